The van der Waals surface area contributed by atoms with Crippen LogP contribution in [0.5, 0.6) is 0 Å². The summed E-state index contributed by atoms with van der Waals surface area (Å²) < 4.78 is 4.97. The standard InChI is InChI=1S/C35H62N4O5/c1-7-9-10-11-12-13-14-15-16-17-18-19-20-21-22-23-24-37-35(42)44-39(8-2)27(3)31(30-25-38(26-30)29(5)40)32(34(41)43-6)33(36)28(39)4/h28,30H,7-26H2,1-6H3,(H2-,36,37,41,42)/p+1. The van der Waals surface area contributed by atoms with Crippen molar-refractivity contribution in [2.24, 2.45) is 11.7 Å². The monoisotopic (exact) mass is 619 g/mol. The average molecular weight is 620 g/mol. The van der Waals surface area contributed by atoms with E-state index in [-0.39, 0.29) is 16.5 Å². The van der Waals surface area contributed by atoms with Gasteiger partial charge in [-0.3, -0.25) is 4.79 Å². The zero-order chi connectivity index (χ0) is 32.5. The van der Waals surface area contributed by atoms with Crippen molar-refractivity contribution in [3.05, 3.63) is 22.5 Å². The topological polar surface area (TPSA) is 111 Å². The van der Waals surface area contributed by atoms with Crippen LogP contribution in [0.4, 0.5) is 4.79 Å². The van der Waals surface area contributed by atoms with Gasteiger partial charge in [0.15, 0.2) is 11.7 Å². The summed E-state index contributed by atoms with van der Waals surface area (Å²) in [5.74, 6) is -0.604. The first kappa shape index (κ1) is 37.6. The van der Waals surface area contributed by atoms with Gasteiger partial charge in [-0.15, -0.1) is 0 Å². The van der Waals surface area contributed by atoms with Crippen LogP contribution in [0.15, 0.2) is 22.5 Å². The Balaban J connectivity index is 1.75. The van der Waals surface area contributed by atoms with E-state index in [1.54, 1.807) is 4.90 Å². The molecule has 0 bridgehead atoms. The zero-order valence-corrected chi connectivity index (χ0v) is 28.8. The van der Waals surface area contributed by atoms with E-state index in [4.69, 9.17) is 15.3 Å². The van der Waals surface area contributed by atoms with Gasteiger partial charge < -0.3 is 20.7 Å². The van der Waals surface area contributed by atoms with Gasteiger partial charge in [0.05, 0.1) is 18.4 Å². The second-order valence-electron chi connectivity index (χ2n) is 12.8. The lowest BCUT2D eigenvalue weighted by Crippen LogP contribution is -2.61. The number of hydrogen-bond acceptors (Lipinski definition) is 6. The summed E-state index contributed by atoms with van der Waals surface area (Å²) in [4.78, 5) is 45.6. The molecule has 44 heavy (non-hydrogen) atoms. The number of nitrogens with two attached hydrogens (primary N) is 1. The molecule has 2 aliphatic rings. The fraction of sp³-hybridized carbons (Fsp3) is 0.800. The van der Waals surface area contributed by atoms with Crippen LogP contribution in [0.3, 0.4) is 0 Å². The molecule has 0 aromatic carbocycles. The number of nitrogens with zero attached hydrogens (tertiary/aromatic N) is 2. The van der Waals surface area contributed by atoms with Crippen molar-refractivity contribution in [3.8, 4) is 0 Å². The highest BCUT2D eigenvalue weighted by molar-refractivity contribution is 5.95. The van der Waals surface area contributed by atoms with E-state index in [1.165, 1.54) is 104 Å². The van der Waals surface area contributed by atoms with Gasteiger partial charge in [-0.05, 0) is 20.3 Å². The summed E-state index contributed by atoms with van der Waals surface area (Å²) in [7, 11) is 1.34. The summed E-state index contributed by atoms with van der Waals surface area (Å²) in [5, 5.41) is 2.93. The van der Waals surface area contributed by atoms with Gasteiger partial charge in [-0.25, -0.2) is 14.4 Å². The molecule has 2 atom stereocenters. The molecule has 0 saturated carbocycles. The number of carbonyl (C=O) groups is 3. The molecule has 1 saturated heterocycles. The average Bonchev–Trinajstić information content (AvgIpc) is 2.98. The lowest BCUT2D eigenvalue weighted by atomic mass is 9.80. The summed E-state index contributed by atoms with van der Waals surface area (Å²) >= 11 is 0. The third-order valence-electron chi connectivity index (χ3n) is 9.73. The van der Waals surface area contributed by atoms with Crippen LogP contribution in [-0.4, -0.2) is 66.8 Å². The largest absolute Gasteiger partial charge is 0.465 e. The fourth-order valence-corrected chi connectivity index (χ4v) is 6.78. The Morgan fingerprint density at radius 3 is 1.77 bits per heavy atom. The minimum Gasteiger partial charge on any atom is -0.465 e. The first-order valence-corrected chi connectivity index (χ1v) is 17.5. The van der Waals surface area contributed by atoms with E-state index in [0.29, 0.717) is 37.4 Å². The number of nitrogens with one attached hydrogen (secondary N) is 1. The van der Waals surface area contributed by atoms with Gasteiger partial charge in [-0.1, -0.05) is 108 Å². The maximum absolute atomic E-state index is 13.0. The van der Waals surface area contributed by atoms with E-state index >= 15 is 0 Å². The first-order chi connectivity index (χ1) is 21.1. The third-order valence-corrected chi connectivity index (χ3v) is 9.73. The van der Waals surface area contributed by atoms with Crippen LogP contribution >= 0.6 is 0 Å². The van der Waals surface area contributed by atoms with Crippen LogP contribution in [0.2, 0.25) is 0 Å². The Bertz CT molecular complexity index is 988. The molecule has 2 unspecified atom stereocenters. The molecular weight excluding hydrogens is 556 g/mol. The van der Waals surface area contributed by atoms with E-state index in [2.05, 4.69) is 12.2 Å². The van der Waals surface area contributed by atoms with Gasteiger partial charge >= 0.3 is 12.1 Å². The van der Waals surface area contributed by atoms with Crippen LogP contribution in [0, 0.1) is 5.92 Å². The number of hydroxylamine groups is 3. The minimum atomic E-state index is -0.508. The Hall–Kier alpha value is -2.55. The molecule has 3 N–H and O–H groups in total. The Labute approximate surface area is 267 Å². The molecule has 9 heteroatoms. The Morgan fingerprint density at radius 1 is 0.864 bits per heavy atom. The van der Waals surface area contributed by atoms with Crippen molar-refractivity contribution in [1.82, 2.24) is 10.2 Å². The van der Waals surface area contributed by atoms with Crippen molar-refractivity contribution in [2.75, 3.05) is 33.3 Å². The van der Waals surface area contributed by atoms with Crippen LogP contribution < -0.4 is 11.1 Å². The molecule has 252 valence electrons. The number of rotatable bonds is 21. The number of esters is 1. The summed E-state index contributed by atoms with van der Waals surface area (Å²) in [5.41, 5.74) is 8.72. The SMILES string of the molecule is CCCCCCCCCCCCCCCCCCNC(=O)O[N+]1(CC)C(C)=C(C2CN(C(C)=O)C2)C(C(=O)OC)=C(N)C1C. The number of unbranched alkanes of at least 4 members (excludes halogenated alkanes) is 15. The molecule has 0 radical (unpaired) electrons. The first-order valence-electron chi connectivity index (χ1n) is 17.5. The molecule has 1 fully saturated rings. The van der Waals surface area contributed by atoms with Crippen LogP contribution in [-0.2, 0) is 19.2 Å². The van der Waals surface area contributed by atoms with Crippen molar-refractivity contribution < 1.29 is 28.6 Å². The number of hydrogen-bond donors (Lipinski definition) is 2. The molecule has 2 heterocycles. The molecule has 2 amide bonds. The number of likely N-dealkylation sites (tertiary alicyclic amines) is 1. The van der Waals surface area contributed by atoms with Gasteiger partial charge in [0, 0.05) is 45.0 Å². The number of amides is 2. The maximum atomic E-state index is 13.0. The van der Waals surface area contributed by atoms with Crippen molar-refractivity contribution in [2.45, 2.75) is 143 Å². The van der Waals surface area contributed by atoms with Crippen molar-refractivity contribution >= 4 is 18.0 Å². The quantitative estimate of drug-likeness (QED) is 0.0794. The summed E-state index contributed by atoms with van der Waals surface area (Å²) in [6.45, 7) is 11.5. The number of carbonyl (C=O) groups excluding carboxylic acids is 3. The molecule has 0 spiro atoms. The predicted molar refractivity (Wildman–Crippen MR) is 176 cm³/mol. The number of methoxy groups -OCH3 is 1. The number of likely N-dealkylation sites (N-methyl/N-ethyl adjacent to an activating group) is 1. The molecular formula is C35H63N4O5+. The maximum Gasteiger partial charge on any atom is 0.462 e. The van der Waals surface area contributed by atoms with Gasteiger partial charge in [0.2, 0.25) is 5.91 Å². The highest BCUT2D eigenvalue weighted by Gasteiger charge is 2.52. The molecule has 2 aliphatic heterocycles. The van der Waals surface area contributed by atoms with Gasteiger partial charge in [-0.2, -0.15) is 0 Å². The fourth-order valence-electron chi connectivity index (χ4n) is 6.78. The van der Waals surface area contributed by atoms with E-state index in [1.807, 2.05) is 20.8 Å². The van der Waals surface area contributed by atoms with Crippen LogP contribution in [0.1, 0.15) is 137 Å². The highest BCUT2D eigenvalue weighted by Crippen LogP contribution is 2.43. The van der Waals surface area contributed by atoms with Crippen LogP contribution in [0.25, 0.3) is 0 Å². The van der Waals surface area contributed by atoms with E-state index in [0.717, 1.165) is 24.1 Å². The van der Waals surface area contributed by atoms with Crippen molar-refractivity contribution in [1.29, 1.82) is 0 Å². The summed E-state index contributed by atoms with van der Waals surface area (Å²) in [6, 6.07) is -0.469. The minimum absolute atomic E-state index is 0.0128. The second-order valence-corrected chi connectivity index (χ2v) is 12.8. The summed E-state index contributed by atoms with van der Waals surface area (Å²) in [6.07, 6.45) is 20.4. The Kier molecular flexibility index (Phi) is 16.9. The highest BCUT2D eigenvalue weighted by atomic mass is 16.8. The number of quaternary nitrogens is 1. The van der Waals surface area contributed by atoms with Gasteiger partial charge in [0.25, 0.3) is 0 Å². The molecule has 2 rings (SSSR count). The molecule has 0 aliphatic carbocycles. The lowest BCUT2D eigenvalue weighted by Gasteiger charge is -2.47. The molecule has 0 aromatic heterocycles. The smallest absolute Gasteiger partial charge is 0.462 e. The number of ether oxygens (including phenoxy) is 1. The third kappa shape index (κ3) is 10.5. The molecule has 0 aromatic rings. The van der Waals surface area contributed by atoms with E-state index < -0.39 is 18.1 Å². The Morgan fingerprint density at radius 2 is 1.34 bits per heavy atom. The van der Waals surface area contributed by atoms with Crippen molar-refractivity contribution in [3.63, 3.8) is 0 Å². The second kappa shape index (κ2) is 19.8. The zero-order valence-electron chi connectivity index (χ0n) is 28.8. The lowest BCUT2D eigenvalue weighted by molar-refractivity contribution is -1.07. The van der Waals surface area contributed by atoms with E-state index in [9.17, 15) is 14.4 Å². The normalized spacial score (nSPS) is 20.5. The number of allylic oxidation sites excluding steroid dienone is 1. The molecule has 9 nitrogen and oxygen atoms in total. The predicted octanol–water partition coefficient (Wildman–Crippen LogP) is 7.27. The van der Waals surface area contributed by atoms with Gasteiger partial charge in [0.1, 0.15) is 6.54 Å².